The number of amides is 1. The number of rotatable bonds is 3. The van der Waals surface area contributed by atoms with Gasteiger partial charge in [-0.05, 0) is 66.5 Å². The number of hydrogen-bond acceptors (Lipinski definition) is 1. The van der Waals surface area contributed by atoms with E-state index in [2.05, 4.69) is 29.5 Å². The molecule has 1 aliphatic carbocycles. The van der Waals surface area contributed by atoms with Crippen molar-refractivity contribution in [3.63, 3.8) is 0 Å². The average Bonchev–Trinajstić information content (AvgIpc) is 3.10. The monoisotopic (exact) mass is 329 g/mol. The second-order valence-corrected chi connectivity index (χ2v) is 5.75. The summed E-state index contributed by atoms with van der Waals surface area (Å²) in [5.41, 5.74) is 0.793. The number of nitrogens with zero attached hydrogens (tertiary/aromatic N) is 1. The second-order valence-electron chi connectivity index (χ2n) is 4.50. The van der Waals surface area contributed by atoms with E-state index in [9.17, 15) is 4.79 Å². The maximum Gasteiger partial charge on any atom is 0.253 e. The molecule has 1 unspecified atom stereocenters. The molecule has 3 heteroatoms. The van der Waals surface area contributed by atoms with Gasteiger partial charge in [-0.2, -0.15) is 0 Å². The van der Waals surface area contributed by atoms with Gasteiger partial charge in [0.1, 0.15) is 0 Å². The number of carbonyl (C=O) groups is 1. The fourth-order valence-electron chi connectivity index (χ4n) is 1.90. The van der Waals surface area contributed by atoms with Crippen LogP contribution in [0, 0.1) is 9.49 Å². The van der Waals surface area contributed by atoms with Gasteiger partial charge in [-0.3, -0.25) is 4.79 Å². The molecule has 1 aromatic rings. The van der Waals surface area contributed by atoms with Crippen molar-refractivity contribution < 1.29 is 4.79 Å². The molecule has 0 radical (unpaired) electrons. The highest BCUT2D eigenvalue weighted by atomic mass is 127. The summed E-state index contributed by atoms with van der Waals surface area (Å²) in [7, 11) is 1.91. The van der Waals surface area contributed by atoms with Gasteiger partial charge < -0.3 is 4.90 Å². The van der Waals surface area contributed by atoms with Crippen LogP contribution in [0.5, 0.6) is 0 Å². The summed E-state index contributed by atoms with van der Waals surface area (Å²) in [6, 6.07) is 8.14. The van der Waals surface area contributed by atoms with Crippen LogP contribution in [-0.2, 0) is 0 Å². The third kappa shape index (κ3) is 2.56. The first-order valence-electron chi connectivity index (χ1n) is 5.62. The Hall–Kier alpha value is -0.580. The standard InChI is InChI=1S/C13H16INO/c1-9(10-6-7-10)15(2)13(16)11-4-3-5-12(14)8-11/h3-5,8-10H,6-7H2,1-2H3. The van der Waals surface area contributed by atoms with E-state index in [0.29, 0.717) is 6.04 Å². The van der Waals surface area contributed by atoms with Crippen molar-refractivity contribution in [2.45, 2.75) is 25.8 Å². The van der Waals surface area contributed by atoms with Crippen LogP contribution < -0.4 is 0 Å². The number of hydrogen-bond donors (Lipinski definition) is 0. The van der Waals surface area contributed by atoms with E-state index >= 15 is 0 Å². The first kappa shape index (κ1) is 11.9. The molecule has 0 N–H and O–H groups in total. The lowest BCUT2D eigenvalue weighted by atomic mass is 10.1. The van der Waals surface area contributed by atoms with Crippen LogP contribution in [0.3, 0.4) is 0 Å². The zero-order valence-corrected chi connectivity index (χ0v) is 11.8. The van der Waals surface area contributed by atoms with Crippen molar-refractivity contribution in [1.29, 1.82) is 0 Å². The smallest absolute Gasteiger partial charge is 0.253 e. The van der Waals surface area contributed by atoms with Crippen LogP contribution in [-0.4, -0.2) is 23.9 Å². The lowest BCUT2D eigenvalue weighted by Crippen LogP contribution is -2.36. The van der Waals surface area contributed by atoms with Gasteiger partial charge in [-0.25, -0.2) is 0 Å². The normalized spacial score (nSPS) is 16.9. The summed E-state index contributed by atoms with van der Waals surface area (Å²) >= 11 is 2.23. The summed E-state index contributed by atoms with van der Waals surface area (Å²) in [5.74, 6) is 0.856. The van der Waals surface area contributed by atoms with E-state index in [1.54, 1.807) is 0 Å². The Balaban J connectivity index is 2.11. The van der Waals surface area contributed by atoms with E-state index in [1.165, 1.54) is 12.8 Å². The van der Waals surface area contributed by atoms with Gasteiger partial charge in [0, 0.05) is 22.2 Å². The lowest BCUT2D eigenvalue weighted by molar-refractivity contribution is 0.0727. The molecule has 1 fully saturated rings. The molecular formula is C13H16INO. The van der Waals surface area contributed by atoms with Gasteiger partial charge in [0.2, 0.25) is 0 Å². The zero-order valence-electron chi connectivity index (χ0n) is 9.61. The van der Waals surface area contributed by atoms with Gasteiger partial charge in [0.05, 0.1) is 0 Å². The van der Waals surface area contributed by atoms with E-state index in [4.69, 9.17) is 0 Å². The van der Waals surface area contributed by atoms with Crippen molar-refractivity contribution >= 4 is 28.5 Å². The molecular weight excluding hydrogens is 313 g/mol. The van der Waals surface area contributed by atoms with E-state index < -0.39 is 0 Å². The quantitative estimate of drug-likeness (QED) is 0.780. The van der Waals surface area contributed by atoms with Crippen LogP contribution in [0.15, 0.2) is 24.3 Å². The van der Waals surface area contributed by atoms with Crippen molar-refractivity contribution in [2.75, 3.05) is 7.05 Å². The Morgan fingerprint density at radius 1 is 1.50 bits per heavy atom. The molecule has 1 atom stereocenters. The molecule has 0 aliphatic heterocycles. The molecule has 0 spiro atoms. The van der Waals surface area contributed by atoms with Gasteiger partial charge in [0.15, 0.2) is 0 Å². The molecule has 0 saturated heterocycles. The van der Waals surface area contributed by atoms with Crippen LogP contribution in [0.25, 0.3) is 0 Å². The highest BCUT2D eigenvalue weighted by Crippen LogP contribution is 2.35. The van der Waals surface area contributed by atoms with Gasteiger partial charge in [-0.1, -0.05) is 6.07 Å². The molecule has 1 amide bonds. The van der Waals surface area contributed by atoms with Crippen molar-refractivity contribution in [2.24, 2.45) is 5.92 Å². The van der Waals surface area contributed by atoms with Crippen LogP contribution >= 0.6 is 22.6 Å². The Labute approximate surface area is 110 Å². The summed E-state index contributed by atoms with van der Waals surface area (Å²) in [5, 5.41) is 0. The average molecular weight is 329 g/mol. The fourth-order valence-corrected chi connectivity index (χ4v) is 2.45. The third-order valence-corrected chi connectivity index (χ3v) is 3.98. The molecule has 2 nitrogen and oxygen atoms in total. The predicted octanol–water partition coefficient (Wildman–Crippen LogP) is 3.16. The Morgan fingerprint density at radius 3 is 2.75 bits per heavy atom. The minimum Gasteiger partial charge on any atom is -0.339 e. The minimum atomic E-state index is 0.137. The van der Waals surface area contributed by atoms with E-state index in [-0.39, 0.29) is 5.91 Å². The summed E-state index contributed by atoms with van der Waals surface area (Å²) < 4.78 is 1.11. The third-order valence-electron chi connectivity index (χ3n) is 3.31. The highest BCUT2D eigenvalue weighted by Gasteiger charge is 2.32. The molecule has 1 aliphatic rings. The van der Waals surface area contributed by atoms with E-state index in [1.807, 2.05) is 36.2 Å². The molecule has 86 valence electrons. The fraction of sp³-hybridized carbons (Fsp3) is 0.462. The van der Waals surface area contributed by atoms with Crippen LogP contribution in [0.2, 0.25) is 0 Å². The lowest BCUT2D eigenvalue weighted by Gasteiger charge is -2.25. The molecule has 1 aromatic carbocycles. The Morgan fingerprint density at radius 2 is 2.19 bits per heavy atom. The van der Waals surface area contributed by atoms with Crippen molar-refractivity contribution in [3.05, 3.63) is 33.4 Å². The molecule has 1 saturated carbocycles. The minimum absolute atomic E-state index is 0.137. The Kier molecular flexibility index (Phi) is 3.52. The molecule has 0 bridgehead atoms. The van der Waals surface area contributed by atoms with Crippen molar-refractivity contribution in [3.8, 4) is 0 Å². The largest absolute Gasteiger partial charge is 0.339 e. The summed E-state index contributed by atoms with van der Waals surface area (Å²) in [6.07, 6.45) is 2.54. The molecule has 0 aromatic heterocycles. The number of halogens is 1. The van der Waals surface area contributed by atoms with E-state index in [0.717, 1.165) is 15.1 Å². The second kappa shape index (κ2) is 4.73. The topological polar surface area (TPSA) is 20.3 Å². The predicted molar refractivity (Wildman–Crippen MR) is 73.4 cm³/mol. The maximum absolute atomic E-state index is 12.2. The first-order valence-corrected chi connectivity index (χ1v) is 6.70. The van der Waals surface area contributed by atoms with Gasteiger partial charge >= 0.3 is 0 Å². The number of carbonyl (C=O) groups excluding carboxylic acids is 1. The SMILES string of the molecule is CC(C1CC1)N(C)C(=O)c1cccc(I)c1. The van der Waals surface area contributed by atoms with Crippen LogP contribution in [0.4, 0.5) is 0 Å². The van der Waals surface area contributed by atoms with Gasteiger partial charge in [-0.15, -0.1) is 0 Å². The molecule has 0 heterocycles. The van der Waals surface area contributed by atoms with Gasteiger partial charge in [0.25, 0.3) is 5.91 Å². The highest BCUT2D eigenvalue weighted by molar-refractivity contribution is 14.1. The molecule has 16 heavy (non-hydrogen) atoms. The van der Waals surface area contributed by atoms with Crippen LogP contribution in [0.1, 0.15) is 30.1 Å². The first-order chi connectivity index (χ1) is 7.59. The molecule has 2 rings (SSSR count). The summed E-state index contributed by atoms with van der Waals surface area (Å²) in [6.45, 7) is 2.14. The zero-order chi connectivity index (χ0) is 11.7. The number of benzene rings is 1. The summed E-state index contributed by atoms with van der Waals surface area (Å²) in [4.78, 5) is 14.1. The Bertz CT molecular complexity index is 401. The maximum atomic E-state index is 12.2. The van der Waals surface area contributed by atoms with Crippen molar-refractivity contribution in [1.82, 2.24) is 4.90 Å².